The van der Waals surface area contributed by atoms with Crippen LogP contribution in [0.4, 0.5) is 5.69 Å². The highest BCUT2D eigenvalue weighted by atomic mass is 32.2. The molecule has 1 fully saturated rings. The van der Waals surface area contributed by atoms with Crippen molar-refractivity contribution < 1.29 is 8.42 Å². The van der Waals surface area contributed by atoms with Gasteiger partial charge < -0.3 is 10.2 Å². The molecule has 1 saturated heterocycles. The molecule has 5 heteroatoms. The van der Waals surface area contributed by atoms with Gasteiger partial charge in [-0.2, -0.15) is 0 Å². The molecule has 0 spiro atoms. The molecule has 1 aromatic carbocycles. The zero-order chi connectivity index (χ0) is 13.2. The minimum atomic E-state index is -3.18. The van der Waals surface area contributed by atoms with Gasteiger partial charge in [-0.1, -0.05) is 12.1 Å². The molecule has 1 aliphatic rings. The summed E-state index contributed by atoms with van der Waals surface area (Å²) < 4.78 is 23.7. The first-order valence-corrected chi connectivity index (χ1v) is 8.19. The van der Waals surface area contributed by atoms with Gasteiger partial charge in [-0.3, -0.25) is 0 Å². The topological polar surface area (TPSA) is 49.4 Å². The van der Waals surface area contributed by atoms with Crippen molar-refractivity contribution in [2.45, 2.75) is 24.3 Å². The van der Waals surface area contributed by atoms with Crippen molar-refractivity contribution in [2.75, 3.05) is 30.8 Å². The zero-order valence-electron chi connectivity index (χ0n) is 10.9. The largest absolute Gasteiger partial charge is 0.366 e. The van der Waals surface area contributed by atoms with Gasteiger partial charge in [-0.25, -0.2) is 8.42 Å². The standard InChI is InChI=1S/C13H20N2O2S/c1-3-15(11-8-9-14-10-11)12-6-4-5-7-13(12)18(2,16)17/h4-7,11,14H,3,8-10H2,1-2H3. The summed E-state index contributed by atoms with van der Waals surface area (Å²) >= 11 is 0. The van der Waals surface area contributed by atoms with Crippen molar-refractivity contribution in [3.05, 3.63) is 24.3 Å². The van der Waals surface area contributed by atoms with Crippen LogP contribution < -0.4 is 10.2 Å². The molecule has 4 nitrogen and oxygen atoms in total. The summed E-state index contributed by atoms with van der Waals surface area (Å²) in [5, 5.41) is 3.32. The van der Waals surface area contributed by atoms with Gasteiger partial charge in [0.15, 0.2) is 9.84 Å². The molecular weight excluding hydrogens is 248 g/mol. The average Bonchev–Trinajstić information content (AvgIpc) is 2.83. The highest BCUT2D eigenvalue weighted by Gasteiger charge is 2.25. The van der Waals surface area contributed by atoms with Crippen molar-refractivity contribution in [3.8, 4) is 0 Å². The fourth-order valence-electron chi connectivity index (χ4n) is 2.54. The maximum atomic E-state index is 11.8. The van der Waals surface area contributed by atoms with Crippen molar-refractivity contribution in [1.82, 2.24) is 5.32 Å². The van der Waals surface area contributed by atoms with Crippen LogP contribution >= 0.6 is 0 Å². The van der Waals surface area contributed by atoms with Crippen LogP contribution in [0.3, 0.4) is 0 Å². The average molecular weight is 268 g/mol. The van der Waals surface area contributed by atoms with E-state index >= 15 is 0 Å². The summed E-state index contributed by atoms with van der Waals surface area (Å²) in [5.74, 6) is 0. The summed E-state index contributed by atoms with van der Waals surface area (Å²) in [5.41, 5.74) is 0.830. The van der Waals surface area contributed by atoms with Gasteiger partial charge in [0.25, 0.3) is 0 Å². The van der Waals surface area contributed by atoms with E-state index in [2.05, 4.69) is 17.1 Å². The molecule has 1 unspecified atom stereocenters. The number of rotatable bonds is 4. The van der Waals surface area contributed by atoms with E-state index in [0.29, 0.717) is 10.9 Å². The second-order valence-electron chi connectivity index (χ2n) is 4.67. The molecular formula is C13H20N2O2S. The van der Waals surface area contributed by atoms with Crippen LogP contribution in [-0.2, 0) is 9.84 Å². The van der Waals surface area contributed by atoms with E-state index in [1.54, 1.807) is 12.1 Å². The fourth-order valence-corrected chi connectivity index (χ4v) is 3.43. The van der Waals surface area contributed by atoms with E-state index < -0.39 is 9.84 Å². The van der Waals surface area contributed by atoms with Gasteiger partial charge in [0.1, 0.15) is 0 Å². The quantitative estimate of drug-likeness (QED) is 0.893. The molecule has 2 rings (SSSR count). The van der Waals surface area contributed by atoms with Crippen LogP contribution in [0.1, 0.15) is 13.3 Å². The second-order valence-corrected chi connectivity index (χ2v) is 6.66. The van der Waals surface area contributed by atoms with Crippen molar-refractivity contribution in [3.63, 3.8) is 0 Å². The first kappa shape index (κ1) is 13.4. The number of benzene rings is 1. The third kappa shape index (κ3) is 2.67. The third-order valence-corrected chi connectivity index (χ3v) is 4.53. The summed E-state index contributed by atoms with van der Waals surface area (Å²) in [4.78, 5) is 2.62. The lowest BCUT2D eigenvalue weighted by atomic mass is 10.2. The molecule has 1 N–H and O–H groups in total. The minimum absolute atomic E-state index is 0.387. The summed E-state index contributed by atoms with van der Waals surface area (Å²) in [6.45, 7) is 4.81. The third-order valence-electron chi connectivity index (χ3n) is 3.39. The maximum absolute atomic E-state index is 11.8. The lowest BCUT2D eigenvalue weighted by molar-refractivity contribution is 0.598. The smallest absolute Gasteiger partial charge is 0.177 e. The molecule has 1 atom stereocenters. The molecule has 0 aliphatic carbocycles. The maximum Gasteiger partial charge on any atom is 0.177 e. The molecule has 1 heterocycles. The van der Waals surface area contributed by atoms with Gasteiger partial charge >= 0.3 is 0 Å². The number of hydrogen-bond acceptors (Lipinski definition) is 4. The number of sulfone groups is 1. The van der Waals surface area contributed by atoms with Gasteiger partial charge in [-0.15, -0.1) is 0 Å². The Morgan fingerprint density at radius 3 is 2.67 bits per heavy atom. The van der Waals surface area contributed by atoms with Crippen LogP contribution in [-0.4, -0.2) is 40.3 Å². The van der Waals surface area contributed by atoms with E-state index in [0.717, 1.165) is 31.7 Å². The van der Waals surface area contributed by atoms with Crippen molar-refractivity contribution in [2.24, 2.45) is 0 Å². The minimum Gasteiger partial charge on any atom is -0.366 e. The Balaban J connectivity index is 2.42. The summed E-state index contributed by atoms with van der Waals surface area (Å²) in [6.07, 6.45) is 2.33. The summed E-state index contributed by atoms with van der Waals surface area (Å²) in [6, 6.07) is 7.65. The molecule has 1 aromatic rings. The lowest BCUT2D eigenvalue weighted by Gasteiger charge is -2.30. The van der Waals surface area contributed by atoms with Gasteiger partial charge in [0.05, 0.1) is 10.6 Å². The highest BCUT2D eigenvalue weighted by Crippen LogP contribution is 2.27. The van der Waals surface area contributed by atoms with E-state index in [4.69, 9.17) is 0 Å². The Labute approximate surface area is 109 Å². The van der Waals surface area contributed by atoms with E-state index in [1.807, 2.05) is 12.1 Å². The molecule has 0 aromatic heterocycles. The van der Waals surface area contributed by atoms with Crippen LogP contribution in [0, 0.1) is 0 Å². The Bertz CT molecular complexity index is 507. The monoisotopic (exact) mass is 268 g/mol. The first-order chi connectivity index (χ1) is 8.54. The molecule has 1 aliphatic heterocycles. The number of para-hydroxylation sites is 1. The van der Waals surface area contributed by atoms with Gasteiger partial charge in [-0.05, 0) is 32.0 Å². The first-order valence-electron chi connectivity index (χ1n) is 6.30. The zero-order valence-corrected chi connectivity index (χ0v) is 11.7. The van der Waals surface area contributed by atoms with E-state index in [1.165, 1.54) is 6.26 Å². The Hall–Kier alpha value is -1.07. The number of likely N-dealkylation sites (N-methyl/N-ethyl adjacent to an activating group) is 1. The Morgan fingerprint density at radius 1 is 1.39 bits per heavy atom. The predicted octanol–water partition coefficient (Wildman–Crippen LogP) is 1.28. The highest BCUT2D eigenvalue weighted by molar-refractivity contribution is 7.90. The number of nitrogens with zero attached hydrogens (tertiary/aromatic N) is 1. The van der Waals surface area contributed by atoms with Gasteiger partial charge in [0, 0.05) is 25.4 Å². The van der Waals surface area contributed by atoms with Crippen LogP contribution in [0.2, 0.25) is 0 Å². The molecule has 18 heavy (non-hydrogen) atoms. The SMILES string of the molecule is CCN(c1ccccc1S(C)(=O)=O)C1CCNC1. The van der Waals surface area contributed by atoms with Gasteiger partial charge in [0.2, 0.25) is 0 Å². The number of nitrogens with one attached hydrogen (secondary N) is 1. The van der Waals surface area contributed by atoms with Crippen LogP contribution in [0.15, 0.2) is 29.2 Å². The van der Waals surface area contributed by atoms with E-state index in [9.17, 15) is 8.42 Å². The lowest BCUT2D eigenvalue weighted by Crippen LogP contribution is -2.37. The Kier molecular flexibility index (Phi) is 3.92. The predicted molar refractivity (Wildman–Crippen MR) is 73.8 cm³/mol. The fraction of sp³-hybridized carbons (Fsp3) is 0.538. The molecule has 0 saturated carbocycles. The molecule has 0 bridgehead atoms. The molecule has 0 radical (unpaired) electrons. The normalized spacial score (nSPS) is 20.0. The summed E-state index contributed by atoms with van der Waals surface area (Å²) in [7, 11) is -3.18. The van der Waals surface area contributed by atoms with Crippen LogP contribution in [0.5, 0.6) is 0 Å². The second kappa shape index (κ2) is 5.28. The number of hydrogen-bond donors (Lipinski definition) is 1. The van der Waals surface area contributed by atoms with Crippen molar-refractivity contribution >= 4 is 15.5 Å². The van der Waals surface area contributed by atoms with Crippen LogP contribution in [0.25, 0.3) is 0 Å². The van der Waals surface area contributed by atoms with E-state index in [-0.39, 0.29) is 0 Å². The molecule has 100 valence electrons. The Morgan fingerprint density at radius 2 is 2.11 bits per heavy atom. The molecule has 0 amide bonds. The number of anilines is 1. The van der Waals surface area contributed by atoms with Crippen molar-refractivity contribution in [1.29, 1.82) is 0 Å².